The first-order chi connectivity index (χ1) is 12.4. The number of rotatable bonds is 1. The molecule has 0 saturated heterocycles. The van der Waals surface area contributed by atoms with Gasteiger partial charge in [-0.15, -0.1) is 0 Å². The van der Waals surface area contributed by atoms with E-state index in [-0.39, 0.29) is 0 Å². The van der Waals surface area contributed by atoms with Crippen molar-refractivity contribution in [3.63, 3.8) is 0 Å². The smallest absolute Gasteiger partial charge is 0.264 e. The summed E-state index contributed by atoms with van der Waals surface area (Å²) < 4.78 is 4.77. The fourth-order valence-electron chi connectivity index (χ4n) is 3.81. The van der Waals surface area contributed by atoms with Gasteiger partial charge in [-0.3, -0.25) is 4.98 Å². The number of nitrogens with zero attached hydrogens (tertiary/aromatic N) is 4. The molecule has 5 aromatic rings. The van der Waals surface area contributed by atoms with Crippen LogP contribution in [0.1, 0.15) is 5.56 Å². The molecule has 4 aromatic heterocycles. The molecule has 118 valence electrons. The van der Waals surface area contributed by atoms with Crippen molar-refractivity contribution in [3.8, 4) is 17.1 Å². The van der Waals surface area contributed by atoms with Crippen molar-refractivity contribution in [3.05, 3.63) is 72.7 Å². The van der Waals surface area contributed by atoms with E-state index in [0.717, 1.165) is 11.4 Å². The van der Waals surface area contributed by atoms with E-state index in [4.69, 9.17) is 0 Å². The topological polar surface area (TPSA) is 34.6 Å². The minimum atomic E-state index is 0.879. The van der Waals surface area contributed by atoms with Gasteiger partial charge in [0.25, 0.3) is 5.82 Å². The molecule has 5 heteroatoms. The molecule has 0 fully saturated rings. The Labute approximate surface area is 147 Å². The van der Waals surface area contributed by atoms with E-state index in [0.29, 0.717) is 0 Å². The third kappa shape index (κ3) is 1.68. The van der Waals surface area contributed by atoms with Crippen molar-refractivity contribution >= 4 is 31.9 Å². The standard InChI is InChI=1S/C20H13N4S/c1-2-5-14(6-3-1)24-19-16-11-21-10-8-13(16)12-23(19)17-15-7-4-9-22-18(15)25-20(17)24/h1-11H,12H2/q+1. The summed E-state index contributed by atoms with van der Waals surface area (Å²) in [7, 11) is 0. The van der Waals surface area contributed by atoms with Gasteiger partial charge >= 0.3 is 0 Å². The fraction of sp³-hybridized carbons (Fsp3) is 0.0500. The third-order valence-corrected chi connectivity index (χ3v) is 5.95. The summed E-state index contributed by atoms with van der Waals surface area (Å²) in [5, 5.41) is 1.22. The molecule has 25 heavy (non-hydrogen) atoms. The van der Waals surface area contributed by atoms with Crippen LogP contribution in [-0.2, 0) is 6.54 Å². The second kappa shape index (κ2) is 4.74. The minimum Gasteiger partial charge on any atom is -0.264 e. The van der Waals surface area contributed by atoms with Crippen molar-refractivity contribution in [1.82, 2.24) is 14.5 Å². The molecule has 0 N–H and O–H groups in total. The Hall–Kier alpha value is -3.05. The van der Waals surface area contributed by atoms with Crippen LogP contribution >= 0.6 is 11.3 Å². The van der Waals surface area contributed by atoms with E-state index in [9.17, 15) is 0 Å². The van der Waals surface area contributed by atoms with E-state index in [1.807, 2.05) is 24.7 Å². The number of para-hydroxylation sites is 1. The average molecular weight is 341 g/mol. The van der Waals surface area contributed by atoms with Crippen molar-refractivity contribution in [1.29, 1.82) is 0 Å². The summed E-state index contributed by atoms with van der Waals surface area (Å²) in [4.78, 5) is 11.3. The molecule has 1 aliphatic heterocycles. The van der Waals surface area contributed by atoms with Gasteiger partial charge in [-0.2, -0.15) is 4.57 Å². The number of benzene rings is 1. The molecule has 0 spiro atoms. The van der Waals surface area contributed by atoms with E-state index >= 15 is 0 Å². The SMILES string of the molecule is c1ccc(-n2c3[n+](c4c5cccnc5sc42)Cc2ccncc2-3)cc1. The van der Waals surface area contributed by atoms with Gasteiger partial charge in [0.2, 0.25) is 4.83 Å². The van der Waals surface area contributed by atoms with Crippen molar-refractivity contribution in [2.75, 3.05) is 0 Å². The number of imidazole rings is 1. The van der Waals surface area contributed by atoms with Crippen LogP contribution in [0.5, 0.6) is 0 Å². The summed E-state index contributed by atoms with van der Waals surface area (Å²) in [5.74, 6) is 1.21. The molecule has 0 saturated carbocycles. The lowest BCUT2D eigenvalue weighted by molar-refractivity contribution is -0.645. The summed E-state index contributed by atoms with van der Waals surface area (Å²) >= 11 is 1.75. The van der Waals surface area contributed by atoms with Gasteiger partial charge < -0.3 is 0 Å². The highest BCUT2D eigenvalue weighted by atomic mass is 32.1. The van der Waals surface area contributed by atoms with Crippen molar-refractivity contribution < 1.29 is 4.57 Å². The summed E-state index contributed by atoms with van der Waals surface area (Å²) in [6.07, 6.45) is 5.73. The molecule has 1 aliphatic rings. The molecule has 0 aliphatic carbocycles. The highest BCUT2D eigenvalue weighted by Gasteiger charge is 2.37. The first-order valence-corrected chi connectivity index (χ1v) is 9.04. The normalized spacial score (nSPS) is 12.6. The Bertz CT molecular complexity index is 1270. The molecule has 4 nitrogen and oxygen atoms in total. The number of aromatic nitrogens is 4. The predicted molar refractivity (Wildman–Crippen MR) is 99.0 cm³/mol. The molecule has 0 unspecified atom stereocenters. The highest BCUT2D eigenvalue weighted by Crippen LogP contribution is 2.39. The summed E-state index contributed by atoms with van der Waals surface area (Å²) in [6.45, 7) is 0.879. The van der Waals surface area contributed by atoms with Gasteiger partial charge in [0.05, 0.1) is 10.9 Å². The molecule has 1 aromatic carbocycles. The molecule has 0 atom stereocenters. The molecule has 0 radical (unpaired) electrons. The summed E-state index contributed by atoms with van der Waals surface area (Å²) in [6, 6.07) is 16.9. The van der Waals surface area contributed by atoms with Crippen molar-refractivity contribution in [2.24, 2.45) is 0 Å². The second-order valence-electron chi connectivity index (χ2n) is 6.23. The Morgan fingerprint density at radius 2 is 1.92 bits per heavy atom. The third-order valence-electron chi connectivity index (χ3n) is 4.86. The van der Waals surface area contributed by atoms with E-state index in [2.05, 4.69) is 61.6 Å². The van der Waals surface area contributed by atoms with Crippen LogP contribution in [-0.4, -0.2) is 14.5 Å². The van der Waals surface area contributed by atoms with Crippen LogP contribution in [0.2, 0.25) is 0 Å². The minimum absolute atomic E-state index is 0.879. The second-order valence-corrected chi connectivity index (χ2v) is 7.20. The van der Waals surface area contributed by atoms with Gasteiger partial charge in [0.1, 0.15) is 17.1 Å². The molecule has 0 bridgehead atoms. The monoisotopic (exact) mass is 341 g/mol. The van der Waals surface area contributed by atoms with Gasteiger partial charge in [0, 0.05) is 24.2 Å². The Morgan fingerprint density at radius 3 is 2.84 bits per heavy atom. The molecule has 5 heterocycles. The quantitative estimate of drug-likeness (QED) is 0.424. The number of fused-ring (bicyclic) bond motifs is 7. The Kier molecular flexibility index (Phi) is 2.51. The van der Waals surface area contributed by atoms with Gasteiger partial charge in [-0.05, 0) is 30.3 Å². The maximum atomic E-state index is 4.58. The molecule has 6 rings (SSSR count). The predicted octanol–water partition coefficient (Wildman–Crippen LogP) is 3.95. The zero-order chi connectivity index (χ0) is 16.4. The summed E-state index contributed by atoms with van der Waals surface area (Å²) in [5.41, 5.74) is 4.97. The Morgan fingerprint density at radius 1 is 1.00 bits per heavy atom. The van der Waals surface area contributed by atoms with Crippen molar-refractivity contribution in [2.45, 2.75) is 6.54 Å². The van der Waals surface area contributed by atoms with E-state index in [1.165, 1.54) is 38.4 Å². The van der Waals surface area contributed by atoms with Crippen LogP contribution in [0.3, 0.4) is 0 Å². The Balaban J connectivity index is 1.83. The molecule has 0 amide bonds. The lowest BCUT2D eigenvalue weighted by Crippen LogP contribution is -2.31. The first kappa shape index (κ1) is 13.3. The van der Waals surface area contributed by atoms with E-state index in [1.54, 1.807) is 11.3 Å². The van der Waals surface area contributed by atoms with E-state index < -0.39 is 0 Å². The average Bonchev–Trinajstić information content (AvgIpc) is 3.29. The van der Waals surface area contributed by atoms with Gasteiger partial charge in [-0.25, -0.2) is 9.55 Å². The largest absolute Gasteiger partial charge is 0.298 e. The fourth-order valence-corrected chi connectivity index (χ4v) is 4.98. The van der Waals surface area contributed by atoms with Crippen LogP contribution in [0, 0.1) is 0 Å². The number of hydrogen-bond acceptors (Lipinski definition) is 3. The van der Waals surface area contributed by atoms with Gasteiger partial charge in [0.15, 0.2) is 5.52 Å². The zero-order valence-corrected chi connectivity index (χ0v) is 14.1. The lowest BCUT2D eigenvalue weighted by Gasteiger charge is -2.00. The van der Waals surface area contributed by atoms with Crippen LogP contribution in [0.25, 0.3) is 37.6 Å². The molecular formula is C20H13N4S+. The maximum Gasteiger partial charge on any atom is 0.298 e. The zero-order valence-electron chi connectivity index (χ0n) is 13.3. The number of hydrogen-bond donors (Lipinski definition) is 0. The van der Waals surface area contributed by atoms with Crippen LogP contribution in [0.15, 0.2) is 67.1 Å². The molecular weight excluding hydrogens is 328 g/mol. The lowest BCUT2D eigenvalue weighted by atomic mass is 10.2. The maximum absolute atomic E-state index is 4.58. The van der Waals surface area contributed by atoms with Gasteiger partial charge in [-0.1, -0.05) is 29.5 Å². The first-order valence-electron chi connectivity index (χ1n) is 8.22. The number of thiophene rings is 1. The van der Waals surface area contributed by atoms with Crippen LogP contribution in [0.4, 0.5) is 0 Å². The highest BCUT2D eigenvalue weighted by molar-refractivity contribution is 7.25. The number of pyridine rings is 2. The van der Waals surface area contributed by atoms with Crippen LogP contribution < -0.4 is 4.57 Å².